The van der Waals surface area contributed by atoms with Gasteiger partial charge in [0.05, 0.1) is 0 Å². The second-order valence-corrected chi connectivity index (χ2v) is 4.77. The molecule has 0 heterocycles. The van der Waals surface area contributed by atoms with Crippen LogP contribution in [-0.2, 0) is 33.3 Å². The van der Waals surface area contributed by atoms with Gasteiger partial charge in [-0.3, -0.25) is 0 Å². The van der Waals surface area contributed by atoms with E-state index in [-0.39, 0.29) is 0 Å². The van der Waals surface area contributed by atoms with Gasteiger partial charge in [0.15, 0.2) is 0 Å². The van der Waals surface area contributed by atoms with Crippen LogP contribution in [0.25, 0.3) is 0 Å². The molecule has 132 valence electrons. The molecule has 9 heteroatoms. The van der Waals surface area contributed by atoms with Crippen molar-refractivity contribution in [1.29, 1.82) is 0 Å². The van der Waals surface area contributed by atoms with Gasteiger partial charge in [-0.1, -0.05) is 19.7 Å². The van der Waals surface area contributed by atoms with Crippen molar-refractivity contribution >= 4 is 34.9 Å². The molecule has 24 heavy (non-hydrogen) atoms. The molecule has 0 amide bonds. The van der Waals surface area contributed by atoms with E-state index in [0.29, 0.717) is 0 Å². The van der Waals surface area contributed by atoms with Crippen LogP contribution in [0.15, 0.2) is 38.0 Å². The van der Waals surface area contributed by atoms with E-state index in [1.54, 1.807) is 0 Å². The molecular formula is C15H17ClO8. The van der Waals surface area contributed by atoms with E-state index in [9.17, 15) is 19.2 Å². The van der Waals surface area contributed by atoms with Crippen LogP contribution in [0.5, 0.6) is 0 Å². The van der Waals surface area contributed by atoms with Crippen molar-refractivity contribution in [2.75, 3.05) is 26.4 Å². The third-order valence-electron chi connectivity index (χ3n) is 2.55. The molecular weight excluding hydrogens is 344 g/mol. The molecule has 0 spiro atoms. The summed E-state index contributed by atoms with van der Waals surface area (Å²) in [6, 6.07) is 0. The van der Waals surface area contributed by atoms with Gasteiger partial charge in [-0.15, -0.1) is 0 Å². The lowest BCUT2D eigenvalue weighted by molar-refractivity contribution is -0.158. The first-order valence-corrected chi connectivity index (χ1v) is 6.86. The second kappa shape index (κ2) is 11.0. The van der Waals surface area contributed by atoms with Crippen LogP contribution in [-0.4, -0.2) is 49.8 Å². The van der Waals surface area contributed by atoms with Crippen molar-refractivity contribution in [3.05, 3.63) is 38.0 Å². The highest BCUT2D eigenvalue weighted by atomic mass is 35.5. The fourth-order valence-electron chi connectivity index (χ4n) is 1.31. The quantitative estimate of drug-likeness (QED) is 0.236. The molecule has 0 unspecified atom stereocenters. The molecule has 8 nitrogen and oxygen atoms in total. The highest BCUT2D eigenvalue weighted by Gasteiger charge is 2.37. The molecule has 0 bridgehead atoms. The maximum Gasteiger partial charge on any atom is 0.403 e. The summed E-state index contributed by atoms with van der Waals surface area (Å²) in [5.41, 5.74) is -2.51. The van der Waals surface area contributed by atoms with Crippen molar-refractivity contribution in [1.82, 2.24) is 0 Å². The minimum Gasteiger partial charge on any atom is -0.462 e. The normalized spacial score (nSPS) is 10.0. The predicted molar refractivity (Wildman–Crippen MR) is 83.1 cm³/mol. The number of halogens is 1. The van der Waals surface area contributed by atoms with E-state index in [1.807, 2.05) is 0 Å². The first-order valence-electron chi connectivity index (χ1n) is 6.48. The van der Waals surface area contributed by atoms with E-state index >= 15 is 0 Å². The summed E-state index contributed by atoms with van der Waals surface area (Å²) < 4.78 is 19.4. The molecule has 0 atom stereocenters. The average Bonchev–Trinajstić information content (AvgIpc) is 2.59. The Kier molecular flexibility index (Phi) is 9.81. The standard InChI is InChI=1S/C15H17ClO8/c1-4-11(17)21-7-15(10-24-14(16)20,8-22-12(18)5-2)9-23-13(19)6-3/h4-6H,1-3,7-10H2. The lowest BCUT2D eigenvalue weighted by Crippen LogP contribution is -2.43. The number of carbonyl (C=O) groups is 4. The molecule has 0 aliphatic heterocycles. The Morgan fingerprint density at radius 2 is 1.00 bits per heavy atom. The summed E-state index contributed by atoms with van der Waals surface area (Å²) in [6.07, 6.45) is 2.72. The Morgan fingerprint density at radius 1 is 0.708 bits per heavy atom. The van der Waals surface area contributed by atoms with E-state index in [2.05, 4.69) is 24.5 Å². The molecule has 0 fully saturated rings. The van der Waals surface area contributed by atoms with Gasteiger partial charge in [0.25, 0.3) is 0 Å². The molecule has 0 N–H and O–H groups in total. The molecule has 0 radical (unpaired) electrons. The second-order valence-electron chi connectivity index (χ2n) is 4.46. The van der Waals surface area contributed by atoms with Gasteiger partial charge in [0.2, 0.25) is 0 Å². The Morgan fingerprint density at radius 3 is 1.25 bits per heavy atom. The van der Waals surface area contributed by atoms with Crippen LogP contribution in [0.4, 0.5) is 4.79 Å². The van der Waals surface area contributed by atoms with Crippen molar-refractivity contribution in [3.63, 3.8) is 0 Å². The summed E-state index contributed by atoms with van der Waals surface area (Å²) in [7, 11) is 0. The molecule has 0 aromatic carbocycles. The maximum atomic E-state index is 11.3. The molecule has 0 aliphatic rings. The fraction of sp³-hybridized carbons (Fsp3) is 0.333. The SMILES string of the molecule is C=CC(=O)OCC(COC(=O)Cl)(COC(=O)C=C)COC(=O)C=C. The van der Waals surface area contributed by atoms with Gasteiger partial charge in [-0.25, -0.2) is 19.2 Å². The third-order valence-corrected chi connectivity index (χ3v) is 2.66. The Labute approximate surface area is 143 Å². The van der Waals surface area contributed by atoms with E-state index in [0.717, 1.165) is 18.2 Å². The Hall–Kier alpha value is -2.61. The maximum absolute atomic E-state index is 11.3. The number of rotatable bonds is 11. The van der Waals surface area contributed by atoms with E-state index in [4.69, 9.17) is 25.8 Å². The Bertz CT molecular complexity index is 466. The topological polar surface area (TPSA) is 105 Å². The molecule has 0 saturated heterocycles. The zero-order valence-electron chi connectivity index (χ0n) is 12.8. The third kappa shape index (κ3) is 8.74. The summed E-state index contributed by atoms with van der Waals surface area (Å²) in [5, 5.41) is 0. The summed E-state index contributed by atoms with van der Waals surface area (Å²) in [4.78, 5) is 44.6. The first-order chi connectivity index (χ1) is 11.3. The van der Waals surface area contributed by atoms with Crippen LogP contribution in [0, 0.1) is 5.41 Å². The number of ether oxygens (including phenoxy) is 4. The van der Waals surface area contributed by atoms with Crippen molar-refractivity contribution in [3.8, 4) is 0 Å². The molecule has 0 saturated carbocycles. The zero-order chi connectivity index (χ0) is 18.6. The molecule has 0 aromatic rings. The Balaban J connectivity index is 5.27. The minimum atomic E-state index is -1.37. The van der Waals surface area contributed by atoms with Crippen LogP contribution in [0.2, 0.25) is 0 Å². The van der Waals surface area contributed by atoms with Gasteiger partial charge < -0.3 is 18.9 Å². The van der Waals surface area contributed by atoms with Crippen molar-refractivity contribution < 1.29 is 38.1 Å². The monoisotopic (exact) mass is 360 g/mol. The average molecular weight is 361 g/mol. The first kappa shape index (κ1) is 21.4. The van der Waals surface area contributed by atoms with E-state index < -0.39 is 55.2 Å². The lowest BCUT2D eigenvalue weighted by Gasteiger charge is -2.30. The largest absolute Gasteiger partial charge is 0.462 e. The van der Waals surface area contributed by atoms with Crippen molar-refractivity contribution in [2.45, 2.75) is 0 Å². The van der Waals surface area contributed by atoms with Gasteiger partial charge >= 0.3 is 23.3 Å². The van der Waals surface area contributed by atoms with Gasteiger partial charge in [-0.2, -0.15) is 0 Å². The predicted octanol–water partition coefficient (Wildman–Crippen LogP) is 1.54. The molecule has 0 aromatic heterocycles. The van der Waals surface area contributed by atoms with E-state index in [1.165, 1.54) is 0 Å². The summed E-state index contributed by atoms with van der Waals surface area (Å²) >= 11 is 5.12. The smallest absolute Gasteiger partial charge is 0.403 e. The zero-order valence-corrected chi connectivity index (χ0v) is 13.6. The lowest BCUT2D eigenvalue weighted by atomic mass is 9.92. The number of hydrogen-bond acceptors (Lipinski definition) is 8. The highest BCUT2D eigenvalue weighted by molar-refractivity contribution is 6.61. The van der Waals surface area contributed by atoms with Crippen LogP contribution in [0.1, 0.15) is 0 Å². The van der Waals surface area contributed by atoms with Gasteiger partial charge in [0, 0.05) is 29.8 Å². The van der Waals surface area contributed by atoms with Crippen LogP contribution < -0.4 is 0 Å². The van der Waals surface area contributed by atoms with Gasteiger partial charge in [-0.05, 0) is 0 Å². The fourth-order valence-corrected chi connectivity index (χ4v) is 1.36. The van der Waals surface area contributed by atoms with Gasteiger partial charge in [0.1, 0.15) is 31.8 Å². The van der Waals surface area contributed by atoms with Crippen LogP contribution in [0.3, 0.4) is 0 Å². The number of hydrogen-bond donors (Lipinski definition) is 0. The summed E-state index contributed by atoms with van der Waals surface area (Å²) in [5.74, 6) is -2.33. The van der Waals surface area contributed by atoms with Crippen molar-refractivity contribution in [2.24, 2.45) is 5.41 Å². The number of esters is 3. The molecule has 0 rings (SSSR count). The summed E-state index contributed by atoms with van der Waals surface area (Å²) in [6.45, 7) is 8.03. The highest BCUT2D eigenvalue weighted by Crippen LogP contribution is 2.22. The minimum absolute atomic E-state index is 0.406. The number of carbonyl (C=O) groups excluding carboxylic acids is 4. The van der Waals surface area contributed by atoms with Crippen LogP contribution >= 0.6 is 11.6 Å². The molecule has 0 aliphatic carbocycles.